The molecule has 0 unspecified atom stereocenters. The minimum Gasteiger partial charge on any atom is -0.371 e. The summed E-state index contributed by atoms with van der Waals surface area (Å²) in [6.07, 6.45) is 0.789. The van der Waals surface area contributed by atoms with Crippen molar-refractivity contribution in [2.75, 3.05) is 4.72 Å². The molecule has 0 atom stereocenters. The topological polar surface area (TPSA) is 97.0 Å². The van der Waals surface area contributed by atoms with E-state index < -0.39 is 27.1 Å². The van der Waals surface area contributed by atoms with Crippen LogP contribution in [0, 0.1) is 11.3 Å². The van der Waals surface area contributed by atoms with Crippen LogP contribution in [0.25, 0.3) is 5.69 Å². The molecule has 1 N–H and O–H groups in total. The fourth-order valence-electron chi connectivity index (χ4n) is 1.61. The lowest BCUT2D eigenvalue weighted by Crippen LogP contribution is -2.28. The molecule has 0 bridgehead atoms. The summed E-state index contributed by atoms with van der Waals surface area (Å²) < 4.78 is 66.7. The van der Waals surface area contributed by atoms with Crippen molar-refractivity contribution in [1.82, 2.24) is 9.78 Å². The number of halogens is 4. The second-order valence-corrected chi connectivity index (χ2v) is 6.30. The number of thiol groups is 1. The first-order valence-electron chi connectivity index (χ1n) is 5.80. The van der Waals surface area contributed by atoms with E-state index in [0.29, 0.717) is 5.69 Å². The van der Waals surface area contributed by atoms with Gasteiger partial charge in [0, 0.05) is 0 Å². The number of nitrogens with one attached hydrogen (secondary N) is 1. The molecule has 2 rings (SSSR count). The summed E-state index contributed by atoms with van der Waals surface area (Å²) in [6, 6.07) is 5.98. The summed E-state index contributed by atoms with van der Waals surface area (Å²) in [5, 5.41) is 12.7. The molecule has 1 aromatic carbocycles. The second kappa shape index (κ2) is 6.42. The lowest BCUT2D eigenvalue weighted by molar-refractivity contribution is -0.0500. The molecule has 1 heterocycles. The van der Waals surface area contributed by atoms with Crippen molar-refractivity contribution in [3.05, 3.63) is 35.1 Å². The predicted octanol–water partition coefficient (Wildman–Crippen LogP) is 2.88. The molecule has 7 nitrogen and oxygen atoms in total. The maximum absolute atomic E-state index is 12.4. The maximum atomic E-state index is 12.4. The summed E-state index contributed by atoms with van der Waals surface area (Å²) in [6.45, 7) is 0. The predicted molar refractivity (Wildman–Crippen MR) is 81.5 cm³/mol. The van der Waals surface area contributed by atoms with Crippen LogP contribution < -0.4 is 8.91 Å². The number of nitriles is 1. The van der Waals surface area contributed by atoms with Gasteiger partial charge in [-0.1, -0.05) is 30.5 Å². The molecule has 1 aromatic heterocycles. The molecular formula is C11H6ClF3N4O3S2. The van der Waals surface area contributed by atoms with E-state index >= 15 is 0 Å². The number of nitrogens with zero attached hydrogens (tertiary/aromatic N) is 3. The van der Waals surface area contributed by atoms with E-state index in [0.717, 1.165) is 10.9 Å². The molecule has 2 aromatic rings. The third-order valence-corrected chi connectivity index (χ3v) is 4.12. The Morgan fingerprint density at radius 1 is 1.42 bits per heavy atom. The van der Waals surface area contributed by atoms with Crippen LogP contribution in [0.1, 0.15) is 5.69 Å². The first-order valence-corrected chi connectivity index (χ1v) is 8.03. The summed E-state index contributed by atoms with van der Waals surface area (Å²) >= 11 is 9.85. The van der Waals surface area contributed by atoms with Gasteiger partial charge in [0.15, 0.2) is 5.75 Å². The van der Waals surface area contributed by atoms with E-state index in [1.807, 2.05) is 0 Å². The molecule has 13 heteroatoms. The van der Waals surface area contributed by atoms with Crippen LogP contribution in [0.2, 0.25) is 5.02 Å². The van der Waals surface area contributed by atoms with Crippen molar-refractivity contribution in [3.8, 4) is 17.5 Å². The number of hydrogen-bond acceptors (Lipinski definition) is 7. The summed E-state index contributed by atoms with van der Waals surface area (Å²) in [5.74, 6) is -0.889. The van der Waals surface area contributed by atoms with Crippen LogP contribution in [0.15, 0.2) is 24.4 Å². The van der Waals surface area contributed by atoms with Gasteiger partial charge in [-0.3, -0.25) is 0 Å². The maximum Gasteiger partial charge on any atom is 0.534 e. The molecule has 128 valence electrons. The Hall–Kier alpha value is -2.10. The van der Waals surface area contributed by atoms with Crippen LogP contribution >= 0.6 is 24.4 Å². The van der Waals surface area contributed by atoms with Crippen LogP contribution in [0.3, 0.4) is 0 Å². The Balaban J connectivity index is 2.56. The zero-order chi connectivity index (χ0) is 18.1. The van der Waals surface area contributed by atoms with Gasteiger partial charge < -0.3 is 8.91 Å². The molecule has 0 aliphatic carbocycles. The fraction of sp³-hybridized carbons (Fsp3) is 0.0909. The first-order chi connectivity index (χ1) is 11.1. The molecule has 0 aliphatic heterocycles. The molecule has 0 saturated heterocycles. The third-order valence-electron chi connectivity index (χ3n) is 2.61. The number of alkyl halides is 3. The van der Waals surface area contributed by atoms with Gasteiger partial charge in [-0.2, -0.15) is 31.9 Å². The number of hydrogen-bond donors (Lipinski definition) is 2. The van der Waals surface area contributed by atoms with Crippen LogP contribution in [-0.4, -0.2) is 23.7 Å². The summed E-state index contributed by atoms with van der Waals surface area (Å²) in [4.78, 5) is 0. The Morgan fingerprint density at radius 2 is 2.08 bits per heavy atom. The minimum atomic E-state index is -5.95. The first kappa shape index (κ1) is 18.2. The van der Waals surface area contributed by atoms with Crippen LogP contribution in [0.4, 0.5) is 18.9 Å². The number of aromatic nitrogens is 2. The van der Waals surface area contributed by atoms with Gasteiger partial charge in [-0.05, 0) is 12.1 Å². The molecule has 0 fully saturated rings. The quantitative estimate of drug-likeness (QED) is 0.467. The average Bonchev–Trinajstić information content (AvgIpc) is 2.87. The lowest BCUT2D eigenvalue weighted by atomic mass is 10.3. The Morgan fingerprint density at radius 3 is 2.62 bits per heavy atom. The largest absolute Gasteiger partial charge is 0.534 e. The number of para-hydroxylation sites is 1. The highest BCUT2D eigenvalue weighted by Gasteiger charge is 2.49. The van der Waals surface area contributed by atoms with E-state index in [4.69, 9.17) is 16.9 Å². The van der Waals surface area contributed by atoms with Crippen molar-refractivity contribution in [3.63, 3.8) is 0 Å². The Bertz CT molecular complexity index is 922. The van der Waals surface area contributed by atoms with Gasteiger partial charge in [0.05, 0.1) is 16.9 Å². The Kier molecular flexibility index (Phi) is 4.88. The van der Waals surface area contributed by atoms with E-state index in [1.54, 1.807) is 6.07 Å². The third kappa shape index (κ3) is 3.37. The summed E-state index contributed by atoms with van der Waals surface area (Å²) in [5.41, 5.74) is -5.88. The lowest BCUT2D eigenvalue weighted by Gasteiger charge is -2.10. The van der Waals surface area contributed by atoms with Crippen molar-refractivity contribution < 1.29 is 25.8 Å². The molecule has 0 aliphatic rings. The molecule has 0 saturated carbocycles. The zero-order valence-electron chi connectivity index (χ0n) is 11.2. The van der Waals surface area contributed by atoms with E-state index in [2.05, 4.69) is 26.8 Å². The second-order valence-electron chi connectivity index (χ2n) is 4.13. The number of anilines is 1. The molecule has 24 heavy (non-hydrogen) atoms. The van der Waals surface area contributed by atoms with E-state index in [1.165, 1.54) is 18.2 Å². The van der Waals surface area contributed by atoms with Crippen LogP contribution in [-0.2, 0) is 10.1 Å². The molecule has 0 radical (unpaired) electrons. The van der Waals surface area contributed by atoms with Crippen LogP contribution in [0.5, 0.6) is 5.75 Å². The Labute approximate surface area is 144 Å². The highest BCUT2D eigenvalue weighted by atomic mass is 35.5. The van der Waals surface area contributed by atoms with Crippen molar-refractivity contribution in [2.45, 2.75) is 5.51 Å². The molecular weight excluding hydrogens is 393 g/mol. The standard InChI is InChI=1S/C11H6ClF3N4O3S2/c12-6-2-1-3-7(18-23)10(6)19-5-9(8(4-16)17-19)22-24(20,21)11(13,14)15/h1-3,5,18,23H. The highest BCUT2D eigenvalue weighted by Crippen LogP contribution is 2.33. The van der Waals surface area contributed by atoms with Gasteiger partial charge in [0.25, 0.3) is 0 Å². The van der Waals surface area contributed by atoms with Crippen molar-refractivity contribution in [2.24, 2.45) is 0 Å². The van der Waals surface area contributed by atoms with Gasteiger partial charge in [-0.25, -0.2) is 4.68 Å². The van der Waals surface area contributed by atoms with E-state index in [-0.39, 0.29) is 10.7 Å². The number of benzene rings is 1. The summed E-state index contributed by atoms with van der Waals surface area (Å²) in [7, 11) is -5.95. The van der Waals surface area contributed by atoms with Gasteiger partial charge in [0.1, 0.15) is 11.8 Å². The van der Waals surface area contributed by atoms with Gasteiger partial charge in [-0.15, -0.1) is 0 Å². The molecule has 0 amide bonds. The van der Waals surface area contributed by atoms with Crippen molar-refractivity contribution in [1.29, 1.82) is 5.26 Å². The normalized spacial score (nSPS) is 11.8. The fourth-order valence-corrected chi connectivity index (χ4v) is 2.51. The van der Waals surface area contributed by atoms with E-state index in [9.17, 15) is 21.6 Å². The smallest absolute Gasteiger partial charge is 0.371 e. The highest BCUT2D eigenvalue weighted by molar-refractivity contribution is 7.88. The van der Waals surface area contributed by atoms with Gasteiger partial charge >= 0.3 is 15.6 Å². The average molecular weight is 399 g/mol. The zero-order valence-corrected chi connectivity index (χ0v) is 13.7. The monoisotopic (exact) mass is 398 g/mol. The molecule has 0 spiro atoms. The SMILES string of the molecule is N#Cc1nn(-c2c(Cl)cccc2NS)cc1OS(=O)(=O)C(F)(F)F. The number of rotatable bonds is 4. The minimum absolute atomic E-state index is 0.117. The van der Waals surface area contributed by atoms with Gasteiger partial charge in [0.2, 0.25) is 5.69 Å². The van der Waals surface area contributed by atoms with Crippen molar-refractivity contribution >= 4 is 40.2 Å².